The van der Waals surface area contributed by atoms with Crippen molar-refractivity contribution in [2.75, 3.05) is 14.2 Å². The zero-order valence-electron chi connectivity index (χ0n) is 20.6. The first-order valence-corrected chi connectivity index (χ1v) is 11.9. The molecule has 0 aliphatic heterocycles. The first-order chi connectivity index (χ1) is 18.1. The lowest BCUT2D eigenvalue weighted by atomic mass is 9.99. The van der Waals surface area contributed by atoms with E-state index in [4.69, 9.17) is 18.9 Å². The molecule has 0 bridgehead atoms. The molecule has 2 heterocycles. The van der Waals surface area contributed by atoms with E-state index >= 15 is 0 Å². The van der Waals surface area contributed by atoms with E-state index in [1.807, 2.05) is 42.5 Å². The van der Waals surface area contributed by atoms with Crippen molar-refractivity contribution in [1.82, 2.24) is 9.55 Å². The van der Waals surface area contributed by atoms with Crippen molar-refractivity contribution in [3.05, 3.63) is 124 Å². The van der Waals surface area contributed by atoms with Gasteiger partial charge in [0.2, 0.25) is 0 Å². The molecule has 0 saturated carbocycles. The molecule has 0 aliphatic rings. The van der Waals surface area contributed by atoms with Gasteiger partial charge in [-0.05, 0) is 42.0 Å². The Balaban J connectivity index is 1.70. The van der Waals surface area contributed by atoms with Crippen LogP contribution in [0.2, 0.25) is 0 Å². The lowest BCUT2D eigenvalue weighted by molar-refractivity contribution is 0.0916. The minimum atomic E-state index is -0.853. The topological polar surface area (TPSA) is 83.6 Å². The van der Waals surface area contributed by atoms with Crippen LogP contribution in [0.15, 0.2) is 100 Å². The highest BCUT2D eigenvalue weighted by atomic mass is 16.5. The Morgan fingerprint density at radius 1 is 0.919 bits per heavy atom. The van der Waals surface area contributed by atoms with Gasteiger partial charge >= 0.3 is 0 Å². The maximum atomic E-state index is 14.0. The van der Waals surface area contributed by atoms with Crippen molar-refractivity contribution in [1.29, 1.82) is 0 Å². The molecule has 7 nitrogen and oxygen atoms in total. The number of Topliss-reactive ketones (excluding diaryl/α,β-unsaturated/α-hetero) is 1. The van der Waals surface area contributed by atoms with Gasteiger partial charge in [-0.2, -0.15) is 0 Å². The van der Waals surface area contributed by atoms with Gasteiger partial charge in [0.15, 0.2) is 17.3 Å². The number of aromatic nitrogens is 2. The third-order valence-electron chi connectivity index (χ3n) is 6.34. The van der Waals surface area contributed by atoms with Gasteiger partial charge in [-0.1, -0.05) is 48.5 Å². The third-order valence-corrected chi connectivity index (χ3v) is 6.34. The number of hydrogen-bond acceptors (Lipinski definition) is 6. The molecular formula is C30H26N2O5. The lowest BCUT2D eigenvalue weighted by Crippen LogP contribution is -2.35. The second kappa shape index (κ2) is 10.5. The van der Waals surface area contributed by atoms with E-state index in [0.717, 1.165) is 5.56 Å². The minimum absolute atomic E-state index is 0.190. The molecule has 37 heavy (non-hydrogen) atoms. The maximum absolute atomic E-state index is 14.0. The van der Waals surface area contributed by atoms with Crippen LogP contribution in [0.5, 0.6) is 11.5 Å². The Labute approximate surface area is 213 Å². The van der Waals surface area contributed by atoms with Crippen molar-refractivity contribution in [2.45, 2.75) is 18.9 Å². The number of methoxy groups -OCH3 is 2. The Kier molecular flexibility index (Phi) is 6.85. The summed E-state index contributed by atoms with van der Waals surface area (Å²) in [7, 11) is 3.15. The van der Waals surface area contributed by atoms with Crippen LogP contribution in [0.1, 0.15) is 33.5 Å². The molecule has 5 aromatic rings. The molecule has 3 aromatic carbocycles. The average Bonchev–Trinajstić information content (AvgIpc) is 3.46. The molecule has 186 valence electrons. The third kappa shape index (κ3) is 4.89. The molecule has 0 amide bonds. The molecule has 0 aliphatic carbocycles. The molecule has 1 unspecified atom stereocenters. The van der Waals surface area contributed by atoms with Gasteiger partial charge < -0.3 is 13.9 Å². The van der Waals surface area contributed by atoms with Crippen molar-refractivity contribution < 1.29 is 18.7 Å². The van der Waals surface area contributed by atoms with Crippen molar-refractivity contribution in [3.8, 4) is 11.5 Å². The molecular weight excluding hydrogens is 468 g/mol. The van der Waals surface area contributed by atoms with E-state index in [2.05, 4.69) is 0 Å². The van der Waals surface area contributed by atoms with E-state index in [9.17, 15) is 9.59 Å². The number of carbonyl (C=O) groups is 1. The summed E-state index contributed by atoms with van der Waals surface area (Å²) in [5.41, 5.74) is 1.67. The van der Waals surface area contributed by atoms with Crippen molar-refractivity contribution >= 4 is 16.7 Å². The standard InChI is InChI=1S/C30H26N2O5/c1-35-26-15-14-20(17-27(26)36-2)18-28-31-24-13-7-6-12-23(24)30(34)32(28)25(19-22-11-8-16-37-22)29(33)21-9-4-3-5-10-21/h3-17,25H,18-19H2,1-2H3. The molecule has 0 spiro atoms. The maximum Gasteiger partial charge on any atom is 0.262 e. The average molecular weight is 495 g/mol. The summed E-state index contributed by atoms with van der Waals surface area (Å²) in [4.78, 5) is 32.7. The fraction of sp³-hybridized carbons (Fsp3) is 0.167. The number of rotatable bonds is 9. The Morgan fingerprint density at radius 2 is 1.68 bits per heavy atom. The number of nitrogens with zero attached hydrogens (tertiary/aromatic N) is 2. The number of furan rings is 1. The highest BCUT2D eigenvalue weighted by Gasteiger charge is 2.28. The summed E-state index contributed by atoms with van der Waals surface area (Å²) in [5.74, 6) is 2.06. The molecule has 5 rings (SSSR count). The highest BCUT2D eigenvalue weighted by Crippen LogP contribution is 2.29. The highest BCUT2D eigenvalue weighted by molar-refractivity contribution is 5.99. The zero-order chi connectivity index (χ0) is 25.8. The van der Waals surface area contributed by atoms with Gasteiger partial charge in [-0.25, -0.2) is 4.98 Å². The molecule has 0 saturated heterocycles. The van der Waals surface area contributed by atoms with Crippen LogP contribution in [0.4, 0.5) is 0 Å². The van der Waals surface area contributed by atoms with Crippen molar-refractivity contribution in [2.24, 2.45) is 0 Å². The van der Waals surface area contributed by atoms with Gasteiger partial charge in [-0.3, -0.25) is 14.2 Å². The number of ketones is 1. The first-order valence-electron chi connectivity index (χ1n) is 11.9. The van der Waals surface area contributed by atoms with Gasteiger partial charge in [0.05, 0.1) is 31.4 Å². The van der Waals surface area contributed by atoms with E-state index < -0.39 is 6.04 Å². The van der Waals surface area contributed by atoms with Crippen LogP contribution in [-0.2, 0) is 12.8 Å². The van der Waals surface area contributed by atoms with Gasteiger partial charge in [0.25, 0.3) is 5.56 Å². The van der Waals surface area contributed by atoms with Crippen LogP contribution >= 0.6 is 0 Å². The summed E-state index contributed by atoms with van der Waals surface area (Å²) in [5, 5.41) is 0.448. The second-order valence-corrected chi connectivity index (χ2v) is 8.62. The smallest absolute Gasteiger partial charge is 0.262 e. The van der Waals surface area contributed by atoms with Crippen LogP contribution < -0.4 is 15.0 Å². The summed E-state index contributed by atoms with van der Waals surface area (Å²) in [6.45, 7) is 0. The summed E-state index contributed by atoms with van der Waals surface area (Å²) in [6, 6.07) is 24.4. The van der Waals surface area contributed by atoms with E-state index in [1.54, 1.807) is 62.9 Å². The fourth-order valence-corrected chi connectivity index (χ4v) is 4.53. The largest absolute Gasteiger partial charge is 0.493 e. The zero-order valence-corrected chi connectivity index (χ0v) is 20.6. The predicted octanol–water partition coefficient (Wildman–Crippen LogP) is 5.26. The van der Waals surface area contributed by atoms with E-state index in [0.29, 0.717) is 46.0 Å². The number of carbonyl (C=O) groups excluding carboxylic acids is 1. The number of benzene rings is 3. The molecule has 0 fully saturated rings. The molecule has 7 heteroatoms. The Hall–Kier alpha value is -4.65. The number of hydrogen-bond donors (Lipinski definition) is 0. The second-order valence-electron chi connectivity index (χ2n) is 8.62. The molecule has 0 radical (unpaired) electrons. The van der Waals surface area contributed by atoms with Crippen LogP contribution in [0.25, 0.3) is 10.9 Å². The summed E-state index contributed by atoms with van der Waals surface area (Å²) >= 11 is 0. The van der Waals surface area contributed by atoms with Crippen molar-refractivity contribution in [3.63, 3.8) is 0 Å². The molecule has 2 aromatic heterocycles. The molecule has 0 N–H and O–H groups in total. The van der Waals surface area contributed by atoms with Gasteiger partial charge in [0.1, 0.15) is 17.6 Å². The normalized spacial score (nSPS) is 11.8. The number of ether oxygens (including phenoxy) is 2. The lowest BCUT2D eigenvalue weighted by Gasteiger charge is -2.22. The van der Waals surface area contributed by atoms with Crippen LogP contribution in [0.3, 0.4) is 0 Å². The Morgan fingerprint density at radius 3 is 2.41 bits per heavy atom. The SMILES string of the molecule is COc1ccc(Cc2nc3ccccc3c(=O)n2C(Cc2ccco2)C(=O)c2ccccc2)cc1OC. The predicted molar refractivity (Wildman–Crippen MR) is 141 cm³/mol. The van der Waals surface area contributed by atoms with E-state index in [1.165, 1.54) is 4.57 Å². The monoisotopic (exact) mass is 494 g/mol. The quantitative estimate of drug-likeness (QED) is 0.260. The van der Waals surface area contributed by atoms with Crippen LogP contribution in [-0.4, -0.2) is 29.6 Å². The summed E-state index contributed by atoms with van der Waals surface area (Å²) < 4.78 is 18.0. The van der Waals surface area contributed by atoms with E-state index in [-0.39, 0.29) is 17.8 Å². The number of para-hydroxylation sites is 1. The van der Waals surface area contributed by atoms with Crippen LogP contribution in [0, 0.1) is 0 Å². The minimum Gasteiger partial charge on any atom is -0.493 e. The van der Waals surface area contributed by atoms with Gasteiger partial charge in [0, 0.05) is 18.4 Å². The van der Waals surface area contributed by atoms with Gasteiger partial charge in [-0.15, -0.1) is 0 Å². The fourth-order valence-electron chi connectivity index (χ4n) is 4.53. The summed E-state index contributed by atoms with van der Waals surface area (Å²) in [6.07, 6.45) is 2.07. The Bertz CT molecular complexity index is 1590. The molecule has 1 atom stereocenters. The number of fused-ring (bicyclic) bond motifs is 1. The first kappa shape index (κ1) is 24.1.